The fourth-order valence-electron chi connectivity index (χ4n) is 2.54. The zero-order chi connectivity index (χ0) is 18.7. The van der Waals surface area contributed by atoms with E-state index in [4.69, 9.17) is 4.74 Å². The molecule has 26 heavy (non-hydrogen) atoms. The normalized spacial score (nSPS) is 11.4. The van der Waals surface area contributed by atoms with Crippen molar-refractivity contribution >= 4 is 54.5 Å². The highest BCUT2D eigenvalue weighted by atomic mass is 79.9. The molecule has 0 amide bonds. The van der Waals surface area contributed by atoms with Gasteiger partial charge >= 0.3 is 0 Å². The van der Waals surface area contributed by atoms with E-state index in [-0.39, 0.29) is 0 Å². The Morgan fingerprint density at radius 3 is 2.88 bits per heavy atom. The first-order chi connectivity index (χ1) is 12.5. The van der Waals surface area contributed by atoms with Crippen LogP contribution in [-0.2, 0) is 0 Å². The second kappa shape index (κ2) is 7.90. The highest BCUT2D eigenvalue weighted by molar-refractivity contribution is 9.11. The van der Waals surface area contributed by atoms with Gasteiger partial charge in [-0.05, 0) is 58.8 Å². The van der Waals surface area contributed by atoms with Crippen LogP contribution in [-0.4, -0.2) is 16.6 Å². The molecule has 0 fully saturated rings. The predicted octanol–water partition coefficient (Wildman–Crippen LogP) is 6.03. The summed E-state index contributed by atoms with van der Waals surface area (Å²) in [5.74, 6) is 1.17. The topological polar surface area (TPSA) is 61.7 Å². The van der Waals surface area contributed by atoms with Crippen molar-refractivity contribution in [2.45, 2.75) is 6.92 Å². The lowest BCUT2D eigenvalue weighted by Gasteiger charge is -2.11. The van der Waals surface area contributed by atoms with Crippen LogP contribution in [0.15, 0.2) is 51.9 Å². The molecule has 4 nitrogen and oxygen atoms in total. The van der Waals surface area contributed by atoms with Gasteiger partial charge in [0.2, 0.25) is 0 Å². The predicted molar refractivity (Wildman–Crippen MR) is 112 cm³/mol. The van der Waals surface area contributed by atoms with E-state index in [2.05, 4.69) is 54.5 Å². The van der Waals surface area contributed by atoms with E-state index in [0.717, 1.165) is 31.1 Å². The van der Waals surface area contributed by atoms with Gasteiger partial charge < -0.3 is 9.72 Å². The summed E-state index contributed by atoms with van der Waals surface area (Å²) in [7, 11) is 0. The molecular formula is C20H15Br2N3O. The third-order valence-corrected chi connectivity index (χ3v) is 4.74. The number of nitrogens with one attached hydrogen (secondary N) is 1. The molecule has 1 heterocycles. The van der Waals surface area contributed by atoms with Crippen LogP contribution in [0.4, 0.5) is 0 Å². The maximum atomic E-state index is 9.67. The average Bonchev–Trinajstić information content (AvgIpc) is 3.01. The molecular weight excluding hydrogens is 458 g/mol. The summed E-state index contributed by atoms with van der Waals surface area (Å²) in [6.07, 6.45) is 3.44. The molecule has 0 bridgehead atoms. The Morgan fingerprint density at radius 1 is 1.35 bits per heavy atom. The zero-order valence-electron chi connectivity index (χ0n) is 14.0. The number of H-pyrrole nitrogens is 1. The Labute approximate surface area is 168 Å². The van der Waals surface area contributed by atoms with Crippen LogP contribution in [0.5, 0.6) is 5.75 Å². The summed E-state index contributed by atoms with van der Waals surface area (Å²) in [4.78, 5) is 7.75. The second-order valence-electron chi connectivity index (χ2n) is 5.68. The minimum absolute atomic E-state index is 0.368. The number of imidazole rings is 1. The Kier molecular flexibility index (Phi) is 5.60. The minimum Gasteiger partial charge on any atom is -0.488 e. The van der Waals surface area contributed by atoms with E-state index < -0.39 is 0 Å². The first-order valence-electron chi connectivity index (χ1n) is 7.83. The van der Waals surface area contributed by atoms with Crippen LogP contribution in [0.1, 0.15) is 17.0 Å². The van der Waals surface area contributed by atoms with Crippen molar-refractivity contribution in [3.8, 4) is 11.8 Å². The van der Waals surface area contributed by atoms with Crippen LogP contribution in [0.25, 0.3) is 22.7 Å². The van der Waals surface area contributed by atoms with E-state index in [1.807, 2.05) is 37.3 Å². The van der Waals surface area contributed by atoms with Crippen molar-refractivity contribution < 1.29 is 4.74 Å². The Hall–Kier alpha value is -2.36. The number of aromatic nitrogens is 2. The third kappa shape index (κ3) is 3.90. The number of allylic oxidation sites excluding steroid dienone is 1. The van der Waals surface area contributed by atoms with Gasteiger partial charge in [0, 0.05) is 10.0 Å². The summed E-state index contributed by atoms with van der Waals surface area (Å²) in [6, 6.07) is 12.0. The maximum Gasteiger partial charge on any atom is 0.149 e. The summed E-state index contributed by atoms with van der Waals surface area (Å²) in [6.45, 7) is 6.06. The van der Waals surface area contributed by atoms with Gasteiger partial charge in [-0.25, -0.2) is 4.98 Å². The Bertz CT molecular complexity index is 1060. The second-order valence-corrected chi connectivity index (χ2v) is 7.45. The number of halogens is 2. The smallest absolute Gasteiger partial charge is 0.149 e. The van der Waals surface area contributed by atoms with Gasteiger partial charge in [-0.1, -0.05) is 34.7 Å². The summed E-state index contributed by atoms with van der Waals surface area (Å²) >= 11 is 6.99. The molecule has 6 heteroatoms. The molecule has 3 rings (SSSR count). The summed E-state index contributed by atoms with van der Waals surface area (Å²) < 4.78 is 7.42. The number of nitrogens with zero attached hydrogens (tertiary/aromatic N) is 2. The lowest BCUT2D eigenvalue weighted by atomic mass is 10.1. The third-order valence-electron chi connectivity index (χ3n) is 3.70. The summed E-state index contributed by atoms with van der Waals surface area (Å²) in [5.41, 5.74) is 4.05. The molecule has 3 aromatic rings. The van der Waals surface area contributed by atoms with Crippen LogP contribution in [0, 0.1) is 18.3 Å². The van der Waals surface area contributed by atoms with Gasteiger partial charge in [-0.3, -0.25) is 0 Å². The number of nitriles is 1. The minimum atomic E-state index is 0.368. The van der Waals surface area contributed by atoms with Crippen molar-refractivity contribution in [3.63, 3.8) is 0 Å². The molecule has 130 valence electrons. The van der Waals surface area contributed by atoms with E-state index in [0.29, 0.717) is 23.8 Å². The Balaban J connectivity index is 2.11. The molecule has 0 saturated carbocycles. The van der Waals surface area contributed by atoms with E-state index in [9.17, 15) is 5.26 Å². The number of ether oxygens (including phenoxy) is 1. The maximum absolute atomic E-state index is 9.67. The number of hydrogen-bond acceptors (Lipinski definition) is 3. The quantitative estimate of drug-likeness (QED) is 0.364. The molecule has 0 aliphatic heterocycles. The monoisotopic (exact) mass is 471 g/mol. The number of fused-ring (bicyclic) bond motifs is 1. The standard InChI is InChI=1S/C20H15Br2N3O/c1-3-6-26-19-13(9-15(21)10-16(19)22)8-14(11-23)20-24-17-5-4-12(2)7-18(17)25-20/h3-5,7-10H,1,6H2,2H3,(H,24,25). The number of benzene rings is 2. The molecule has 0 aliphatic carbocycles. The van der Waals surface area contributed by atoms with Crippen LogP contribution >= 0.6 is 31.9 Å². The highest BCUT2D eigenvalue weighted by Gasteiger charge is 2.13. The highest BCUT2D eigenvalue weighted by Crippen LogP contribution is 2.35. The molecule has 0 spiro atoms. The van der Waals surface area contributed by atoms with Gasteiger partial charge in [-0.2, -0.15) is 5.26 Å². The lowest BCUT2D eigenvalue weighted by molar-refractivity contribution is 0.360. The van der Waals surface area contributed by atoms with Gasteiger partial charge in [-0.15, -0.1) is 0 Å². The van der Waals surface area contributed by atoms with Crippen molar-refractivity contribution in [2.24, 2.45) is 0 Å². The number of aryl methyl sites for hydroxylation is 1. The SMILES string of the molecule is C=CCOc1c(Br)cc(Br)cc1C=C(C#N)c1nc2ccc(C)cc2[nH]1. The first kappa shape index (κ1) is 18.4. The molecule has 0 radical (unpaired) electrons. The van der Waals surface area contributed by atoms with E-state index in [1.165, 1.54) is 0 Å². The molecule has 0 saturated heterocycles. The molecule has 0 atom stereocenters. The lowest BCUT2D eigenvalue weighted by Crippen LogP contribution is -1.97. The molecule has 2 aromatic carbocycles. The van der Waals surface area contributed by atoms with Crippen LogP contribution in [0.2, 0.25) is 0 Å². The molecule has 0 aliphatic rings. The number of hydrogen-bond donors (Lipinski definition) is 1. The van der Waals surface area contributed by atoms with Crippen molar-refractivity contribution in [1.82, 2.24) is 9.97 Å². The van der Waals surface area contributed by atoms with Gasteiger partial charge in [0.15, 0.2) is 0 Å². The molecule has 1 aromatic heterocycles. The van der Waals surface area contributed by atoms with Crippen LogP contribution < -0.4 is 4.74 Å². The molecule has 1 N–H and O–H groups in total. The van der Waals surface area contributed by atoms with Gasteiger partial charge in [0.25, 0.3) is 0 Å². The fraction of sp³-hybridized carbons (Fsp3) is 0.100. The average molecular weight is 473 g/mol. The van der Waals surface area contributed by atoms with Gasteiger partial charge in [0.1, 0.15) is 24.3 Å². The van der Waals surface area contributed by atoms with E-state index in [1.54, 1.807) is 12.2 Å². The van der Waals surface area contributed by atoms with Crippen LogP contribution in [0.3, 0.4) is 0 Å². The van der Waals surface area contributed by atoms with Crippen molar-refractivity contribution in [2.75, 3.05) is 6.61 Å². The largest absolute Gasteiger partial charge is 0.488 e. The van der Waals surface area contributed by atoms with Crippen molar-refractivity contribution in [3.05, 3.63) is 68.9 Å². The number of aromatic amines is 1. The first-order valence-corrected chi connectivity index (χ1v) is 9.41. The number of rotatable bonds is 5. The molecule has 0 unspecified atom stereocenters. The Morgan fingerprint density at radius 2 is 2.15 bits per heavy atom. The fourth-order valence-corrected chi connectivity index (χ4v) is 3.91. The zero-order valence-corrected chi connectivity index (χ0v) is 17.2. The van der Waals surface area contributed by atoms with Crippen molar-refractivity contribution in [1.29, 1.82) is 5.26 Å². The summed E-state index contributed by atoms with van der Waals surface area (Å²) in [5, 5.41) is 9.67. The van der Waals surface area contributed by atoms with E-state index >= 15 is 0 Å². The van der Waals surface area contributed by atoms with Gasteiger partial charge in [0.05, 0.1) is 21.1 Å².